The summed E-state index contributed by atoms with van der Waals surface area (Å²) in [4.78, 5) is 11.3. The van der Waals surface area contributed by atoms with Gasteiger partial charge in [0.25, 0.3) is 0 Å². The lowest BCUT2D eigenvalue weighted by atomic mass is 10.0. The van der Waals surface area contributed by atoms with Gasteiger partial charge in [0.15, 0.2) is 0 Å². The second kappa shape index (κ2) is 3.90. The lowest BCUT2D eigenvalue weighted by molar-refractivity contribution is 0.0468. The van der Waals surface area contributed by atoms with Gasteiger partial charge >= 0.3 is 6.09 Å². The standard InChI is InChI=1S/C10H19NO3/c1-7(12)10(5,6)11-8(13)14-9(2,3)4/h12H,1H2,2-6H3,(H,11,13). The first kappa shape index (κ1) is 12.8. The van der Waals surface area contributed by atoms with Crippen LogP contribution in [0.4, 0.5) is 4.79 Å². The second-order valence-electron chi connectivity index (χ2n) is 4.70. The second-order valence-corrected chi connectivity index (χ2v) is 4.70. The topological polar surface area (TPSA) is 58.6 Å². The molecule has 0 atom stereocenters. The van der Waals surface area contributed by atoms with Gasteiger partial charge < -0.3 is 15.2 Å². The predicted octanol–water partition coefficient (Wildman–Crippen LogP) is 2.36. The average molecular weight is 201 g/mol. The maximum Gasteiger partial charge on any atom is 0.408 e. The van der Waals surface area contributed by atoms with E-state index in [9.17, 15) is 4.79 Å². The Morgan fingerprint density at radius 1 is 1.29 bits per heavy atom. The minimum atomic E-state index is -0.873. The number of rotatable bonds is 2. The van der Waals surface area contributed by atoms with E-state index in [4.69, 9.17) is 9.84 Å². The molecule has 4 heteroatoms. The van der Waals surface area contributed by atoms with Gasteiger partial charge in [0.05, 0.1) is 5.54 Å². The van der Waals surface area contributed by atoms with Crippen molar-refractivity contribution in [3.63, 3.8) is 0 Å². The summed E-state index contributed by atoms with van der Waals surface area (Å²) in [5.74, 6) is -0.108. The molecule has 0 aliphatic rings. The van der Waals surface area contributed by atoms with Crippen LogP contribution >= 0.6 is 0 Å². The van der Waals surface area contributed by atoms with E-state index in [2.05, 4.69) is 11.9 Å². The van der Waals surface area contributed by atoms with E-state index in [1.54, 1.807) is 34.6 Å². The number of alkyl carbamates (subject to hydrolysis) is 1. The molecule has 0 rings (SSSR count). The highest BCUT2D eigenvalue weighted by Gasteiger charge is 2.26. The Kier molecular flexibility index (Phi) is 3.57. The first-order valence-electron chi connectivity index (χ1n) is 4.44. The number of carbonyl (C=O) groups excluding carboxylic acids is 1. The lowest BCUT2D eigenvalue weighted by Crippen LogP contribution is -2.46. The maximum atomic E-state index is 11.3. The van der Waals surface area contributed by atoms with Crippen molar-refractivity contribution in [3.05, 3.63) is 12.3 Å². The highest BCUT2D eigenvalue weighted by molar-refractivity contribution is 5.69. The molecule has 0 fully saturated rings. The van der Waals surface area contributed by atoms with Crippen LogP contribution in [0.5, 0.6) is 0 Å². The number of hydrogen-bond donors (Lipinski definition) is 2. The number of hydrogen-bond acceptors (Lipinski definition) is 3. The Labute approximate surface area is 85.0 Å². The van der Waals surface area contributed by atoms with E-state index in [-0.39, 0.29) is 5.76 Å². The van der Waals surface area contributed by atoms with E-state index in [1.165, 1.54) is 0 Å². The third kappa shape index (κ3) is 4.74. The van der Waals surface area contributed by atoms with E-state index in [0.29, 0.717) is 0 Å². The van der Waals surface area contributed by atoms with Crippen molar-refractivity contribution < 1.29 is 14.6 Å². The molecule has 2 N–H and O–H groups in total. The molecule has 0 radical (unpaired) electrons. The number of aliphatic hydroxyl groups excluding tert-OH is 1. The summed E-state index contributed by atoms with van der Waals surface area (Å²) in [7, 11) is 0. The molecule has 0 saturated heterocycles. The first-order chi connectivity index (χ1) is 6.04. The Hall–Kier alpha value is -1.19. The van der Waals surface area contributed by atoms with Crippen LogP contribution in [0.15, 0.2) is 12.3 Å². The molecule has 0 heterocycles. The predicted molar refractivity (Wildman–Crippen MR) is 55.2 cm³/mol. The Balaban J connectivity index is 4.27. The highest BCUT2D eigenvalue weighted by Crippen LogP contribution is 2.13. The van der Waals surface area contributed by atoms with Crippen molar-refractivity contribution in [2.24, 2.45) is 0 Å². The smallest absolute Gasteiger partial charge is 0.408 e. The van der Waals surface area contributed by atoms with Crippen LogP contribution in [-0.2, 0) is 4.74 Å². The summed E-state index contributed by atoms with van der Waals surface area (Å²) in [6.07, 6.45) is -0.572. The molecule has 0 aromatic heterocycles. The van der Waals surface area contributed by atoms with E-state index in [1.807, 2.05) is 0 Å². The number of ether oxygens (including phenoxy) is 1. The number of amides is 1. The van der Waals surface area contributed by atoms with Crippen LogP contribution < -0.4 is 5.32 Å². The van der Waals surface area contributed by atoms with Crippen LogP contribution in [0.25, 0.3) is 0 Å². The monoisotopic (exact) mass is 201 g/mol. The zero-order valence-corrected chi connectivity index (χ0v) is 9.47. The molecule has 0 saturated carbocycles. The van der Waals surface area contributed by atoms with Gasteiger partial charge in [0.1, 0.15) is 11.4 Å². The Bertz CT molecular complexity index is 238. The third-order valence-corrected chi connectivity index (χ3v) is 1.53. The number of carbonyl (C=O) groups is 1. The first-order valence-corrected chi connectivity index (χ1v) is 4.44. The fourth-order valence-corrected chi connectivity index (χ4v) is 0.631. The maximum absolute atomic E-state index is 11.3. The molecule has 0 aromatic carbocycles. The zero-order chi connectivity index (χ0) is 11.6. The minimum Gasteiger partial charge on any atom is -0.510 e. The molecular weight excluding hydrogens is 182 g/mol. The SMILES string of the molecule is C=C(O)C(C)(C)NC(=O)OC(C)(C)C. The lowest BCUT2D eigenvalue weighted by Gasteiger charge is -2.27. The fraction of sp³-hybridized carbons (Fsp3) is 0.700. The van der Waals surface area contributed by atoms with E-state index in [0.717, 1.165) is 0 Å². The highest BCUT2D eigenvalue weighted by atomic mass is 16.6. The van der Waals surface area contributed by atoms with Gasteiger partial charge in [-0.25, -0.2) is 4.79 Å². The van der Waals surface area contributed by atoms with E-state index < -0.39 is 17.2 Å². The molecule has 0 spiro atoms. The van der Waals surface area contributed by atoms with Gasteiger partial charge in [-0.15, -0.1) is 0 Å². The molecule has 82 valence electrons. The van der Waals surface area contributed by atoms with Crippen LogP contribution in [0.2, 0.25) is 0 Å². The largest absolute Gasteiger partial charge is 0.510 e. The number of aliphatic hydroxyl groups is 1. The molecule has 0 unspecified atom stereocenters. The quantitative estimate of drug-likeness (QED) is 0.674. The van der Waals surface area contributed by atoms with Gasteiger partial charge in [-0.1, -0.05) is 6.58 Å². The van der Waals surface area contributed by atoms with Crippen molar-refractivity contribution in [2.45, 2.75) is 45.8 Å². The molecule has 14 heavy (non-hydrogen) atoms. The van der Waals surface area contributed by atoms with Crippen LogP contribution in [0.1, 0.15) is 34.6 Å². The number of nitrogens with one attached hydrogen (secondary N) is 1. The van der Waals surface area contributed by atoms with Gasteiger partial charge in [-0.05, 0) is 34.6 Å². The summed E-state index contributed by atoms with van der Waals surface area (Å²) >= 11 is 0. The zero-order valence-electron chi connectivity index (χ0n) is 9.47. The van der Waals surface area contributed by atoms with Gasteiger partial charge in [0, 0.05) is 0 Å². The average Bonchev–Trinajstić information content (AvgIpc) is 1.79. The van der Waals surface area contributed by atoms with Crippen LogP contribution in [0.3, 0.4) is 0 Å². The molecule has 1 amide bonds. The van der Waals surface area contributed by atoms with Gasteiger partial charge in [-0.2, -0.15) is 0 Å². The van der Waals surface area contributed by atoms with Gasteiger partial charge in [-0.3, -0.25) is 0 Å². The van der Waals surface area contributed by atoms with Crippen molar-refractivity contribution in [1.82, 2.24) is 5.32 Å². The normalized spacial score (nSPS) is 12.1. The van der Waals surface area contributed by atoms with Crippen molar-refractivity contribution in [3.8, 4) is 0 Å². The van der Waals surface area contributed by atoms with Gasteiger partial charge in [0.2, 0.25) is 0 Å². The summed E-state index contributed by atoms with van der Waals surface area (Å²) in [5.41, 5.74) is -1.42. The Morgan fingerprint density at radius 2 is 1.71 bits per heavy atom. The molecule has 0 bridgehead atoms. The molecule has 0 aliphatic heterocycles. The van der Waals surface area contributed by atoms with E-state index >= 15 is 0 Å². The summed E-state index contributed by atoms with van der Waals surface area (Å²) in [6.45, 7) is 12.0. The minimum absolute atomic E-state index is 0.108. The molecule has 0 aliphatic carbocycles. The Morgan fingerprint density at radius 3 is 2.00 bits per heavy atom. The van der Waals surface area contributed by atoms with Crippen molar-refractivity contribution in [2.75, 3.05) is 0 Å². The van der Waals surface area contributed by atoms with Crippen molar-refractivity contribution >= 4 is 6.09 Å². The molecule has 0 aromatic rings. The van der Waals surface area contributed by atoms with Crippen LogP contribution in [0, 0.1) is 0 Å². The van der Waals surface area contributed by atoms with Crippen LogP contribution in [-0.4, -0.2) is 22.3 Å². The molecule has 4 nitrogen and oxygen atoms in total. The fourth-order valence-electron chi connectivity index (χ4n) is 0.631. The van der Waals surface area contributed by atoms with Crippen molar-refractivity contribution in [1.29, 1.82) is 0 Å². The summed E-state index contributed by atoms with van der Waals surface area (Å²) in [6, 6.07) is 0. The third-order valence-electron chi connectivity index (χ3n) is 1.53. The summed E-state index contributed by atoms with van der Waals surface area (Å²) in [5, 5.41) is 11.7. The summed E-state index contributed by atoms with van der Waals surface area (Å²) < 4.78 is 5.02. The molecular formula is C10H19NO3.